The molecule has 0 amide bonds. The largest absolute Gasteiger partial charge is 0.461 e. The zero-order valence-electron chi connectivity index (χ0n) is 19.8. The van der Waals surface area contributed by atoms with Crippen molar-refractivity contribution in [2.24, 2.45) is 0 Å². The van der Waals surface area contributed by atoms with Crippen LogP contribution in [0, 0.1) is 11.6 Å². The van der Waals surface area contributed by atoms with E-state index in [0.29, 0.717) is 5.56 Å². The summed E-state index contributed by atoms with van der Waals surface area (Å²) in [5.74, 6) is -1.61. The van der Waals surface area contributed by atoms with Crippen LogP contribution in [0.5, 0.6) is 0 Å². The van der Waals surface area contributed by atoms with Crippen LogP contribution in [0.4, 0.5) is 8.78 Å². The van der Waals surface area contributed by atoms with E-state index in [1.54, 1.807) is 18.6 Å². The number of fused-ring (bicyclic) bond motifs is 1. The lowest BCUT2D eigenvalue weighted by Crippen LogP contribution is -2.32. The van der Waals surface area contributed by atoms with Crippen LogP contribution in [-0.4, -0.2) is 42.4 Å². The molecule has 0 radical (unpaired) electrons. The van der Waals surface area contributed by atoms with E-state index >= 15 is 0 Å². The van der Waals surface area contributed by atoms with Gasteiger partial charge in [-0.05, 0) is 55.3 Å². The van der Waals surface area contributed by atoms with Gasteiger partial charge in [0.25, 0.3) is 0 Å². The van der Waals surface area contributed by atoms with Crippen molar-refractivity contribution in [3.63, 3.8) is 0 Å². The lowest BCUT2D eigenvalue weighted by Gasteiger charge is -2.30. The van der Waals surface area contributed by atoms with E-state index in [2.05, 4.69) is 6.92 Å². The molecule has 1 aromatic heterocycles. The number of esters is 1. The Morgan fingerprint density at radius 2 is 1.91 bits per heavy atom. The van der Waals surface area contributed by atoms with Gasteiger partial charge in [0, 0.05) is 48.0 Å². The smallest absolute Gasteiger partial charge is 0.355 e. The Bertz CT molecular complexity index is 1290. The predicted octanol–water partition coefficient (Wildman–Crippen LogP) is 5.52. The molecule has 0 saturated carbocycles. The molecule has 2 aromatic carbocycles. The van der Waals surface area contributed by atoms with Crippen LogP contribution in [0.1, 0.15) is 41.0 Å². The molecular weight excluding hydrogens is 438 g/mol. The van der Waals surface area contributed by atoms with Crippen molar-refractivity contribution in [3.05, 3.63) is 88.8 Å². The van der Waals surface area contributed by atoms with Gasteiger partial charge in [-0.15, -0.1) is 0 Å². The van der Waals surface area contributed by atoms with Gasteiger partial charge in [-0.3, -0.25) is 0 Å². The van der Waals surface area contributed by atoms with Gasteiger partial charge in [0.1, 0.15) is 17.3 Å². The fourth-order valence-corrected chi connectivity index (χ4v) is 4.49. The molecular formula is C27H28F2N2O3. The Labute approximate surface area is 197 Å². The number of methoxy groups -OCH3 is 1. The average molecular weight is 467 g/mol. The van der Waals surface area contributed by atoms with Gasteiger partial charge in [-0.25, -0.2) is 13.6 Å². The molecule has 0 bridgehead atoms. The molecule has 1 aliphatic rings. The van der Waals surface area contributed by atoms with Crippen LogP contribution in [0.3, 0.4) is 0 Å². The summed E-state index contributed by atoms with van der Waals surface area (Å²) in [5, 5.41) is 0.830. The van der Waals surface area contributed by atoms with Gasteiger partial charge in [0.05, 0.1) is 13.2 Å². The number of benzene rings is 2. The summed E-state index contributed by atoms with van der Waals surface area (Å²) >= 11 is 0. The lowest BCUT2D eigenvalue weighted by molar-refractivity contribution is 0.0500. The van der Waals surface area contributed by atoms with Crippen LogP contribution in [0.2, 0.25) is 0 Å². The predicted molar refractivity (Wildman–Crippen MR) is 128 cm³/mol. The number of likely N-dealkylation sites (N-methyl/N-ethyl adjacent to an activating group) is 1. The molecule has 1 aliphatic heterocycles. The van der Waals surface area contributed by atoms with Gasteiger partial charge in [0.15, 0.2) is 6.23 Å². The van der Waals surface area contributed by atoms with Crippen molar-refractivity contribution < 1.29 is 23.0 Å². The number of nitrogens with zero attached hydrogens (tertiary/aromatic N) is 2. The Hall–Kier alpha value is -3.45. The van der Waals surface area contributed by atoms with Gasteiger partial charge in [-0.2, -0.15) is 0 Å². The topological polar surface area (TPSA) is 43.7 Å². The number of carbonyl (C=O) groups excluding carboxylic acids is 1. The van der Waals surface area contributed by atoms with E-state index in [0.717, 1.165) is 46.7 Å². The fourth-order valence-electron chi connectivity index (χ4n) is 4.49. The van der Waals surface area contributed by atoms with Crippen LogP contribution in [0.15, 0.2) is 54.8 Å². The Kier molecular flexibility index (Phi) is 6.84. The first kappa shape index (κ1) is 23.7. The third kappa shape index (κ3) is 4.23. The molecule has 5 nitrogen and oxygen atoms in total. The SMILES string of the molecule is CCOC(=O)c1c(C2=CC=CN(C)C2OC)c2cc(CC)ccc2n1Cc1cc(F)ccc1F. The summed E-state index contributed by atoms with van der Waals surface area (Å²) in [5.41, 5.74) is 3.70. The second kappa shape index (κ2) is 9.81. The fraction of sp³-hybridized carbons (Fsp3) is 0.296. The number of allylic oxidation sites excluding steroid dienone is 2. The average Bonchev–Trinajstić information content (AvgIpc) is 3.14. The third-order valence-electron chi connectivity index (χ3n) is 6.09. The Balaban J connectivity index is 2.05. The number of carbonyl (C=O) groups is 1. The molecule has 34 heavy (non-hydrogen) atoms. The van der Waals surface area contributed by atoms with Crippen molar-refractivity contribution in [2.75, 3.05) is 20.8 Å². The second-order valence-corrected chi connectivity index (χ2v) is 8.19. The molecule has 0 spiro atoms. The van der Waals surface area contributed by atoms with E-state index in [1.807, 2.05) is 48.5 Å². The first-order chi connectivity index (χ1) is 16.4. The zero-order valence-corrected chi connectivity index (χ0v) is 19.8. The molecule has 1 unspecified atom stereocenters. The quantitative estimate of drug-likeness (QED) is 0.430. The number of aromatic nitrogens is 1. The van der Waals surface area contributed by atoms with E-state index in [1.165, 1.54) is 0 Å². The summed E-state index contributed by atoms with van der Waals surface area (Å²) in [6.45, 7) is 3.94. The Morgan fingerprint density at radius 1 is 1.12 bits per heavy atom. The minimum absolute atomic E-state index is 0.0314. The minimum atomic E-state index is -0.542. The number of halogens is 2. The Morgan fingerprint density at radius 3 is 2.62 bits per heavy atom. The van der Waals surface area contributed by atoms with Crippen LogP contribution >= 0.6 is 0 Å². The summed E-state index contributed by atoms with van der Waals surface area (Å²) in [4.78, 5) is 15.3. The molecule has 7 heteroatoms. The molecule has 0 aliphatic carbocycles. The minimum Gasteiger partial charge on any atom is -0.461 e. The van der Waals surface area contributed by atoms with E-state index in [-0.39, 0.29) is 24.4 Å². The van der Waals surface area contributed by atoms with Crippen LogP contribution < -0.4 is 0 Å². The number of ether oxygens (including phenoxy) is 2. The number of hydrogen-bond donors (Lipinski definition) is 0. The third-order valence-corrected chi connectivity index (χ3v) is 6.09. The van der Waals surface area contributed by atoms with Gasteiger partial charge in [0.2, 0.25) is 0 Å². The summed E-state index contributed by atoms with van der Waals surface area (Å²) < 4.78 is 41.5. The highest BCUT2D eigenvalue weighted by Gasteiger charge is 2.31. The van der Waals surface area contributed by atoms with E-state index in [4.69, 9.17) is 9.47 Å². The summed E-state index contributed by atoms with van der Waals surface area (Å²) in [6, 6.07) is 9.27. The maximum Gasteiger partial charge on any atom is 0.355 e. The maximum absolute atomic E-state index is 14.6. The highest BCUT2D eigenvalue weighted by molar-refractivity contribution is 6.06. The monoisotopic (exact) mass is 466 g/mol. The lowest BCUT2D eigenvalue weighted by atomic mass is 9.96. The van der Waals surface area contributed by atoms with Gasteiger partial charge in [-0.1, -0.05) is 19.1 Å². The zero-order chi connectivity index (χ0) is 24.4. The van der Waals surface area contributed by atoms with E-state index in [9.17, 15) is 13.6 Å². The van der Waals surface area contributed by atoms with Gasteiger partial charge < -0.3 is 18.9 Å². The highest BCUT2D eigenvalue weighted by Crippen LogP contribution is 2.38. The molecule has 0 fully saturated rings. The summed E-state index contributed by atoms with van der Waals surface area (Å²) in [6.07, 6.45) is 6.06. The number of aryl methyl sites for hydroxylation is 1. The molecule has 178 valence electrons. The molecule has 1 atom stereocenters. The molecule has 0 saturated heterocycles. The van der Waals surface area contributed by atoms with Crippen LogP contribution in [-0.2, 0) is 22.4 Å². The number of hydrogen-bond acceptors (Lipinski definition) is 4. The van der Waals surface area contributed by atoms with Crippen molar-refractivity contribution in [1.82, 2.24) is 9.47 Å². The molecule has 2 heterocycles. The highest BCUT2D eigenvalue weighted by atomic mass is 19.1. The first-order valence-electron chi connectivity index (χ1n) is 11.3. The van der Waals surface area contributed by atoms with E-state index < -0.39 is 23.8 Å². The molecule has 3 aromatic rings. The van der Waals surface area contributed by atoms with Crippen molar-refractivity contribution >= 4 is 22.4 Å². The van der Waals surface area contributed by atoms with Gasteiger partial charge >= 0.3 is 5.97 Å². The molecule has 0 N–H and O–H groups in total. The maximum atomic E-state index is 14.6. The van der Waals surface area contributed by atoms with Crippen molar-refractivity contribution in [1.29, 1.82) is 0 Å². The standard InChI is InChI=1S/C27H28F2N2O3/c1-5-17-9-12-23-21(14-17)24(20-8-7-13-30(3)26(20)33-4)25(27(32)34-6-2)31(23)16-18-15-19(28)10-11-22(18)29/h7-15,26H,5-6,16H2,1-4H3. The number of rotatable bonds is 7. The summed E-state index contributed by atoms with van der Waals surface area (Å²) in [7, 11) is 3.50. The van der Waals surface area contributed by atoms with Crippen molar-refractivity contribution in [2.45, 2.75) is 33.0 Å². The first-order valence-corrected chi connectivity index (χ1v) is 11.3. The van der Waals surface area contributed by atoms with Crippen LogP contribution in [0.25, 0.3) is 16.5 Å². The second-order valence-electron chi connectivity index (χ2n) is 8.19. The normalized spacial score (nSPS) is 15.6. The van der Waals surface area contributed by atoms with Crippen molar-refractivity contribution in [3.8, 4) is 0 Å². The molecule has 4 rings (SSSR count).